The Morgan fingerprint density at radius 3 is 2.61 bits per heavy atom. The number of rotatable bonds is 6. The summed E-state index contributed by atoms with van der Waals surface area (Å²) in [6.45, 7) is 5.10. The highest BCUT2D eigenvalue weighted by Gasteiger charge is 2.25. The number of aryl methyl sites for hydroxylation is 1. The van der Waals surface area contributed by atoms with Crippen LogP contribution in [0.3, 0.4) is 0 Å². The van der Waals surface area contributed by atoms with Crippen LogP contribution in [0.1, 0.15) is 37.3 Å². The molecule has 6 heteroatoms. The first-order valence-corrected chi connectivity index (χ1v) is 9.88. The topological polar surface area (TPSA) is 66.5 Å². The van der Waals surface area contributed by atoms with E-state index in [1.54, 1.807) is 0 Å². The molecular weight excluding hydrogens is 312 g/mol. The number of carbonyl (C=O) groups excluding carboxylic acids is 1. The smallest absolute Gasteiger partial charge is 0.226 e. The van der Waals surface area contributed by atoms with E-state index in [9.17, 15) is 13.2 Å². The lowest BCUT2D eigenvalue weighted by atomic mass is 10.0. The van der Waals surface area contributed by atoms with Gasteiger partial charge in [-0.2, -0.15) is 0 Å². The van der Waals surface area contributed by atoms with Gasteiger partial charge in [-0.1, -0.05) is 36.8 Å². The van der Waals surface area contributed by atoms with E-state index in [0.29, 0.717) is 38.8 Å². The van der Waals surface area contributed by atoms with E-state index in [0.717, 1.165) is 11.1 Å². The number of amides is 1. The van der Waals surface area contributed by atoms with Gasteiger partial charge in [-0.25, -0.2) is 13.1 Å². The third-order valence-corrected chi connectivity index (χ3v) is 5.74. The zero-order valence-corrected chi connectivity index (χ0v) is 14.7. The van der Waals surface area contributed by atoms with E-state index in [1.165, 1.54) is 0 Å². The molecule has 0 saturated carbocycles. The fourth-order valence-corrected chi connectivity index (χ4v) is 4.34. The molecule has 1 aromatic carbocycles. The molecule has 1 amide bonds. The standard InChI is InChI=1S/C17H26N2O3S/c1-3-11-23(21,22)18-16-7-9-19(10-8-16)17(20)13-15-6-4-5-14(2)12-15/h4-6,12,16,18H,3,7-11,13H2,1-2H3. The maximum atomic E-state index is 12.4. The summed E-state index contributed by atoms with van der Waals surface area (Å²) < 4.78 is 26.3. The monoisotopic (exact) mass is 338 g/mol. The minimum Gasteiger partial charge on any atom is -0.342 e. The Bertz CT molecular complexity index is 635. The second-order valence-electron chi connectivity index (χ2n) is 6.26. The average Bonchev–Trinajstić information content (AvgIpc) is 2.47. The van der Waals surface area contributed by atoms with Crippen LogP contribution in [-0.4, -0.2) is 44.1 Å². The van der Waals surface area contributed by atoms with Gasteiger partial charge in [0, 0.05) is 19.1 Å². The minimum absolute atomic E-state index is 0.0467. The van der Waals surface area contributed by atoms with Crippen molar-refractivity contribution in [2.75, 3.05) is 18.8 Å². The number of hydrogen-bond donors (Lipinski definition) is 1. The maximum absolute atomic E-state index is 12.4. The molecule has 1 aromatic rings. The van der Waals surface area contributed by atoms with E-state index in [-0.39, 0.29) is 17.7 Å². The molecule has 0 spiro atoms. The SMILES string of the molecule is CCCS(=O)(=O)NC1CCN(C(=O)Cc2cccc(C)c2)CC1. The van der Waals surface area contributed by atoms with Crippen LogP contribution in [0.5, 0.6) is 0 Å². The Kier molecular flexibility index (Phi) is 6.18. The van der Waals surface area contributed by atoms with E-state index in [1.807, 2.05) is 43.0 Å². The van der Waals surface area contributed by atoms with Crippen LogP contribution in [0.25, 0.3) is 0 Å². The highest BCUT2D eigenvalue weighted by atomic mass is 32.2. The molecule has 0 aromatic heterocycles. The molecule has 0 radical (unpaired) electrons. The van der Waals surface area contributed by atoms with E-state index >= 15 is 0 Å². The van der Waals surface area contributed by atoms with Crippen LogP contribution >= 0.6 is 0 Å². The summed E-state index contributed by atoms with van der Waals surface area (Å²) in [5.74, 6) is 0.282. The number of piperidine rings is 1. The molecule has 1 N–H and O–H groups in total. The number of benzene rings is 1. The van der Waals surface area contributed by atoms with E-state index < -0.39 is 10.0 Å². The fourth-order valence-electron chi connectivity index (χ4n) is 2.94. The van der Waals surface area contributed by atoms with Crippen molar-refractivity contribution in [1.29, 1.82) is 0 Å². The molecule has 1 saturated heterocycles. The molecule has 128 valence electrons. The second kappa shape index (κ2) is 7.93. The zero-order chi connectivity index (χ0) is 16.9. The second-order valence-corrected chi connectivity index (χ2v) is 8.13. The zero-order valence-electron chi connectivity index (χ0n) is 13.9. The summed E-state index contributed by atoms with van der Waals surface area (Å²) in [6, 6.07) is 7.93. The van der Waals surface area contributed by atoms with Crippen LogP contribution in [0.4, 0.5) is 0 Å². The lowest BCUT2D eigenvalue weighted by molar-refractivity contribution is -0.131. The third kappa shape index (κ3) is 5.62. The summed E-state index contributed by atoms with van der Waals surface area (Å²) in [7, 11) is -3.18. The molecule has 23 heavy (non-hydrogen) atoms. The van der Waals surface area contributed by atoms with Gasteiger partial charge in [0.05, 0.1) is 12.2 Å². The highest BCUT2D eigenvalue weighted by molar-refractivity contribution is 7.89. The van der Waals surface area contributed by atoms with Crippen LogP contribution in [0.15, 0.2) is 24.3 Å². The molecule has 1 aliphatic rings. The molecule has 0 unspecified atom stereocenters. The van der Waals surface area contributed by atoms with Crippen molar-refractivity contribution in [1.82, 2.24) is 9.62 Å². The van der Waals surface area contributed by atoms with Gasteiger partial charge in [-0.05, 0) is 31.7 Å². The van der Waals surface area contributed by atoms with Gasteiger partial charge in [0.25, 0.3) is 0 Å². The summed E-state index contributed by atoms with van der Waals surface area (Å²) >= 11 is 0. The predicted octanol–water partition coefficient (Wildman–Crippen LogP) is 1.86. The van der Waals surface area contributed by atoms with Crippen LogP contribution in [-0.2, 0) is 21.2 Å². The molecule has 2 rings (SSSR count). The molecule has 1 fully saturated rings. The summed E-state index contributed by atoms with van der Waals surface area (Å²) in [4.78, 5) is 14.2. The first kappa shape index (κ1) is 17.9. The Hall–Kier alpha value is -1.40. The van der Waals surface area contributed by atoms with Crippen molar-refractivity contribution in [2.45, 2.75) is 45.6 Å². The average molecular weight is 338 g/mol. The van der Waals surface area contributed by atoms with Gasteiger partial charge in [-0.15, -0.1) is 0 Å². The van der Waals surface area contributed by atoms with Crippen molar-refractivity contribution in [2.24, 2.45) is 0 Å². The van der Waals surface area contributed by atoms with E-state index in [2.05, 4.69) is 4.72 Å². The number of nitrogens with one attached hydrogen (secondary N) is 1. The van der Waals surface area contributed by atoms with Gasteiger partial charge >= 0.3 is 0 Å². The molecule has 1 aliphatic heterocycles. The Balaban J connectivity index is 1.83. The highest BCUT2D eigenvalue weighted by Crippen LogP contribution is 2.14. The van der Waals surface area contributed by atoms with Crippen LogP contribution in [0, 0.1) is 6.92 Å². The first-order chi connectivity index (χ1) is 10.9. The van der Waals surface area contributed by atoms with Gasteiger partial charge in [0.15, 0.2) is 0 Å². The maximum Gasteiger partial charge on any atom is 0.226 e. The van der Waals surface area contributed by atoms with Gasteiger partial charge in [0.1, 0.15) is 0 Å². The van der Waals surface area contributed by atoms with Crippen molar-refractivity contribution >= 4 is 15.9 Å². The van der Waals surface area contributed by atoms with Gasteiger partial charge < -0.3 is 4.90 Å². The quantitative estimate of drug-likeness (QED) is 0.861. The fraction of sp³-hybridized carbons (Fsp3) is 0.588. The van der Waals surface area contributed by atoms with Crippen molar-refractivity contribution in [3.05, 3.63) is 35.4 Å². The largest absolute Gasteiger partial charge is 0.342 e. The lowest BCUT2D eigenvalue weighted by Gasteiger charge is -2.32. The summed E-state index contributed by atoms with van der Waals surface area (Å²) in [5, 5.41) is 0. The summed E-state index contributed by atoms with van der Waals surface area (Å²) in [5.41, 5.74) is 2.18. The van der Waals surface area contributed by atoms with Crippen LogP contribution in [0.2, 0.25) is 0 Å². The van der Waals surface area contributed by atoms with Gasteiger partial charge in [-0.3, -0.25) is 4.79 Å². The first-order valence-electron chi connectivity index (χ1n) is 8.23. The number of nitrogens with zero attached hydrogens (tertiary/aromatic N) is 1. The molecule has 1 heterocycles. The van der Waals surface area contributed by atoms with Crippen molar-refractivity contribution in [3.63, 3.8) is 0 Å². The van der Waals surface area contributed by atoms with Crippen LogP contribution < -0.4 is 4.72 Å². The molecule has 5 nitrogen and oxygen atoms in total. The normalized spacial score (nSPS) is 16.5. The number of sulfonamides is 1. The Morgan fingerprint density at radius 1 is 1.30 bits per heavy atom. The predicted molar refractivity (Wildman–Crippen MR) is 91.7 cm³/mol. The molecule has 0 bridgehead atoms. The Labute approximate surface area is 139 Å². The van der Waals surface area contributed by atoms with Gasteiger partial charge in [0.2, 0.25) is 15.9 Å². The number of hydrogen-bond acceptors (Lipinski definition) is 3. The van der Waals surface area contributed by atoms with E-state index in [4.69, 9.17) is 0 Å². The minimum atomic E-state index is -3.18. The lowest BCUT2D eigenvalue weighted by Crippen LogP contribution is -2.47. The molecule has 0 atom stereocenters. The molecule has 0 aliphatic carbocycles. The summed E-state index contributed by atoms with van der Waals surface area (Å²) in [6.07, 6.45) is 2.39. The molecular formula is C17H26N2O3S. The van der Waals surface area contributed by atoms with Crippen molar-refractivity contribution < 1.29 is 13.2 Å². The third-order valence-electron chi connectivity index (χ3n) is 4.10. The Morgan fingerprint density at radius 2 is 2.00 bits per heavy atom. The van der Waals surface area contributed by atoms with Crippen molar-refractivity contribution in [3.8, 4) is 0 Å². The number of likely N-dealkylation sites (tertiary alicyclic amines) is 1. The number of carbonyl (C=O) groups is 1.